The van der Waals surface area contributed by atoms with E-state index in [1.54, 1.807) is 32.0 Å². The van der Waals surface area contributed by atoms with Crippen molar-refractivity contribution in [2.24, 2.45) is 5.11 Å². The second-order valence-electron chi connectivity index (χ2n) is 6.00. The zero-order valence-electron chi connectivity index (χ0n) is 13.8. The minimum absolute atomic E-state index is 0.197. The van der Waals surface area contributed by atoms with Crippen LogP contribution < -0.4 is 4.72 Å². The van der Waals surface area contributed by atoms with Crippen LogP contribution in [0.2, 0.25) is 0 Å². The number of benzene rings is 1. The third-order valence-corrected chi connectivity index (χ3v) is 5.17. The molecule has 2 rings (SSSR count). The highest BCUT2D eigenvalue weighted by Crippen LogP contribution is 2.26. The Bertz CT molecular complexity index is 687. The van der Waals surface area contributed by atoms with Gasteiger partial charge in [0.2, 0.25) is 10.0 Å². The van der Waals surface area contributed by atoms with Gasteiger partial charge in [0, 0.05) is 11.5 Å². The van der Waals surface area contributed by atoms with E-state index in [4.69, 9.17) is 15.0 Å². The average molecular weight is 354 g/mol. The number of nitrogens with one attached hydrogen (secondary N) is 1. The van der Waals surface area contributed by atoms with Crippen molar-refractivity contribution in [2.45, 2.75) is 49.5 Å². The molecule has 8 nitrogen and oxygen atoms in total. The van der Waals surface area contributed by atoms with Crippen LogP contribution in [0, 0.1) is 0 Å². The van der Waals surface area contributed by atoms with Gasteiger partial charge in [-0.2, -0.15) is 0 Å². The summed E-state index contributed by atoms with van der Waals surface area (Å²) in [5, 5.41) is 3.49. The molecule has 0 unspecified atom stereocenters. The normalized spacial score (nSPS) is 23.4. The lowest BCUT2D eigenvalue weighted by molar-refractivity contribution is -0.281. The lowest BCUT2D eigenvalue weighted by Gasteiger charge is -2.41. The highest BCUT2D eigenvalue weighted by atomic mass is 32.2. The quantitative estimate of drug-likeness (QED) is 0.351. The Morgan fingerprint density at radius 2 is 2.08 bits per heavy atom. The first kappa shape index (κ1) is 18.7. The summed E-state index contributed by atoms with van der Waals surface area (Å²) in [5.41, 5.74) is 8.33. The number of ether oxygens (including phenoxy) is 2. The van der Waals surface area contributed by atoms with Crippen LogP contribution in [0.15, 0.2) is 40.3 Å². The molecule has 0 spiro atoms. The summed E-state index contributed by atoms with van der Waals surface area (Å²) in [6.07, 6.45) is 0.809. The zero-order chi connectivity index (χ0) is 17.6. The molecule has 0 radical (unpaired) electrons. The molecule has 1 N–H and O–H groups in total. The largest absolute Gasteiger partial charge is 0.349 e. The van der Waals surface area contributed by atoms with Gasteiger partial charge in [-0.25, -0.2) is 13.1 Å². The Kier molecular flexibility index (Phi) is 6.20. The summed E-state index contributed by atoms with van der Waals surface area (Å²) in [5.74, 6) is -0.780. The first-order valence-corrected chi connectivity index (χ1v) is 9.22. The third kappa shape index (κ3) is 5.19. The maximum atomic E-state index is 12.5. The maximum Gasteiger partial charge on any atom is 0.240 e. The molecule has 9 heteroatoms. The third-order valence-electron chi connectivity index (χ3n) is 3.66. The van der Waals surface area contributed by atoms with E-state index in [1.165, 1.54) is 12.1 Å². The molecule has 1 fully saturated rings. The molecule has 1 saturated heterocycles. The molecular formula is C15H22N4O4S. The summed E-state index contributed by atoms with van der Waals surface area (Å²) < 4.78 is 39.1. The van der Waals surface area contributed by atoms with Gasteiger partial charge in [0.15, 0.2) is 5.79 Å². The molecule has 0 bridgehead atoms. The fourth-order valence-electron chi connectivity index (χ4n) is 2.52. The van der Waals surface area contributed by atoms with E-state index >= 15 is 0 Å². The standard InChI is InChI=1S/C15H22N4O4S/c1-15(2)22-11-13(14(23-15)9-6-10-17-19-16)18-24(20,21)12-7-4-3-5-8-12/h3-5,7-8,13-14,18H,6,9-11H2,1-2H3/t13-,14-/m1/s1. The van der Waals surface area contributed by atoms with Gasteiger partial charge < -0.3 is 9.47 Å². The van der Waals surface area contributed by atoms with Gasteiger partial charge >= 0.3 is 0 Å². The predicted molar refractivity (Wildman–Crippen MR) is 88.7 cm³/mol. The van der Waals surface area contributed by atoms with Crippen molar-refractivity contribution in [3.05, 3.63) is 40.8 Å². The molecule has 24 heavy (non-hydrogen) atoms. The van der Waals surface area contributed by atoms with E-state index in [0.29, 0.717) is 19.4 Å². The van der Waals surface area contributed by atoms with Gasteiger partial charge in [-0.1, -0.05) is 23.3 Å². The summed E-state index contributed by atoms with van der Waals surface area (Å²) >= 11 is 0. The summed E-state index contributed by atoms with van der Waals surface area (Å²) in [6.45, 7) is 4.13. The van der Waals surface area contributed by atoms with Gasteiger partial charge in [-0.05, 0) is 44.4 Å². The van der Waals surface area contributed by atoms with Crippen molar-refractivity contribution in [3.63, 3.8) is 0 Å². The van der Waals surface area contributed by atoms with Crippen LogP contribution in [0.25, 0.3) is 10.4 Å². The number of sulfonamides is 1. The van der Waals surface area contributed by atoms with Crippen LogP contribution in [-0.4, -0.2) is 39.5 Å². The number of hydrogen-bond donors (Lipinski definition) is 1. The number of azide groups is 1. The Labute approximate surface area is 141 Å². The Morgan fingerprint density at radius 1 is 1.38 bits per heavy atom. The topological polar surface area (TPSA) is 113 Å². The molecule has 0 aliphatic carbocycles. The molecule has 1 heterocycles. The SMILES string of the molecule is CC1(C)OC[C@@H](NS(=O)(=O)c2ccccc2)[C@@H](CCCN=[N+]=[N-])O1. The molecule has 1 aliphatic heterocycles. The van der Waals surface area contributed by atoms with Crippen molar-refractivity contribution in [1.82, 2.24) is 4.72 Å². The highest BCUT2D eigenvalue weighted by Gasteiger charge is 2.38. The molecule has 2 atom stereocenters. The van der Waals surface area contributed by atoms with Gasteiger partial charge in [0.05, 0.1) is 23.6 Å². The monoisotopic (exact) mass is 354 g/mol. The molecule has 0 saturated carbocycles. The van der Waals surface area contributed by atoms with Crippen LogP contribution in [0.3, 0.4) is 0 Å². The lowest BCUT2D eigenvalue weighted by atomic mass is 10.1. The lowest BCUT2D eigenvalue weighted by Crippen LogP contribution is -2.55. The fraction of sp³-hybridized carbons (Fsp3) is 0.600. The van der Waals surface area contributed by atoms with E-state index in [-0.39, 0.29) is 17.6 Å². The first-order valence-electron chi connectivity index (χ1n) is 7.74. The second-order valence-corrected chi connectivity index (χ2v) is 7.72. The van der Waals surface area contributed by atoms with Crippen molar-refractivity contribution in [3.8, 4) is 0 Å². The number of nitrogens with zero attached hydrogens (tertiary/aromatic N) is 3. The summed E-state index contributed by atoms with van der Waals surface area (Å²) in [4.78, 5) is 2.91. The molecule has 1 aliphatic rings. The van der Waals surface area contributed by atoms with E-state index in [9.17, 15) is 8.42 Å². The van der Waals surface area contributed by atoms with Gasteiger partial charge in [-0.3, -0.25) is 0 Å². The smallest absolute Gasteiger partial charge is 0.240 e. The minimum Gasteiger partial charge on any atom is -0.349 e. The molecule has 132 valence electrons. The van der Waals surface area contributed by atoms with E-state index in [2.05, 4.69) is 14.7 Å². The maximum absolute atomic E-state index is 12.5. The van der Waals surface area contributed by atoms with E-state index in [0.717, 1.165) is 0 Å². The van der Waals surface area contributed by atoms with Gasteiger partial charge in [0.25, 0.3) is 0 Å². The van der Waals surface area contributed by atoms with Crippen LogP contribution >= 0.6 is 0 Å². The Hall–Kier alpha value is -1.64. The van der Waals surface area contributed by atoms with E-state index in [1.807, 2.05) is 0 Å². The van der Waals surface area contributed by atoms with Crippen LogP contribution in [0.5, 0.6) is 0 Å². The number of rotatable bonds is 7. The molecule has 1 aromatic carbocycles. The van der Waals surface area contributed by atoms with Crippen LogP contribution in [0.4, 0.5) is 0 Å². The van der Waals surface area contributed by atoms with Crippen molar-refractivity contribution >= 4 is 10.0 Å². The molecule has 0 amide bonds. The van der Waals surface area contributed by atoms with Gasteiger partial charge in [-0.15, -0.1) is 0 Å². The Balaban J connectivity index is 2.09. The Morgan fingerprint density at radius 3 is 2.75 bits per heavy atom. The van der Waals surface area contributed by atoms with Crippen molar-refractivity contribution in [2.75, 3.05) is 13.2 Å². The van der Waals surface area contributed by atoms with Crippen LogP contribution in [-0.2, 0) is 19.5 Å². The first-order chi connectivity index (χ1) is 11.3. The molecule has 1 aromatic rings. The van der Waals surface area contributed by atoms with Crippen molar-refractivity contribution in [1.29, 1.82) is 0 Å². The van der Waals surface area contributed by atoms with Crippen LogP contribution in [0.1, 0.15) is 26.7 Å². The summed E-state index contributed by atoms with van der Waals surface area (Å²) in [6, 6.07) is 7.66. The minimum atomic E-state index is -3.66. The van der Waals surface area contributed by atoms with Gasteiger partial charge in [0.1, 0.15) is 0 Å². The zero-order valence-corrected chi connectivity index (χ0v) is 14.6. The predicted octanol–water partition coefficient (Wildman–Crippen LogP) is 2.58. The molecule has 0 aromatic heterocycles. The second kappa shape index (κ2) is 7.96. The van der Waals surface area contributed by atoms with E-state index < -0.39 is 21.9 Å². The fourth-order valence-corrected chi connectivity index (χ4v) is 3.79. The van der Waals surface area contributed by atoms with Crippen molar-refractivity contribution < 1.29 is 17.9 Å². The molecular weight excluding hydrogens is 332 g/mol. The average Bonchev–Trinajstić information content (AvgIpc) is 2.54. The summed E-state index contributed by atoms with van der Waals surface area (Å²) in [7, 11) is -3.66. The number of hydrogen-bond acceptors (Lipinski definition) is 5. The highest BCUT2D eigenvalue weighted by molar-refractivity contribution is 7.89.